The summed E-state index contributed by atoms with van der Waals surface area (Å²) in [5.41, 5.74) is -0.221. The summed E-state index contributed by atoms with van der Waals surface area (Å²) < 4.78 is 4.63. The zero-order chi connectivity index (χ0) is 19.1. The van der Waals surface area contributed by atoms with E-state index in [9.17, 15) is 19.8 Å². The molecule has 1 heterocycles. The minimum Gasteiger partial charge on any atom is -0.394 e. The number of aliphatic hydroxyl groups excluding tert-OH is 2. The molecule has 5 unspecified atom stereocenters. The fourth-order valence-corrected chi connectivity index (χ4v) is 4.94. The SMILES string of the molecule is CC1(C)C2CCC1(C)C(O)C2CC(=O)NC(CO)C(=O)Nc1ccon1. The largest absolute Gasteiger partial charge is 0.394 e. The fraction of sp³-hybridized carbons (Fsp3) is 0.722. The van der Waals surface area contributed by atoms with Gasteiger partial charge in [-0.15, -0.1) is 0 Å². The van der Waals surface area contributed by atoms with Crippen LogP contribution in [0.4, 0.5) is 5.82 Å². The average Bonchev–Trinajstić information content (AvgIpc) is 3.20. The van der Waals surface area contributed by atoms with Crippen LogP contribution in [-0.4, -0.2) is 45.9 Å². The Hall–Kier alpha value is -1.93. The Kier molecular flexibility index (Phi) is 4.83. The normalized spacial score (nSPS) is 33.0. The zero-order valence-electron chi connectivity index (χ0n) is 15.4. The Labute approximate surface area is 152 Å². The first-order valence-corrected chi connectivity index (χ1v) is 9.00. The van der Waals surface area contributed by atoms with Crippen LogP contribution in [0.5, 0.6) is 0 Å². The minimum absolute atomic E-state index is 0.0297. The molecule has 1 aromatic rings. The van der Waals surface area contributed by atoms with E-state index in [2.05, 4.69) is 41.1 Å². The van der Waals surface area contributed by atoms with Crippen molar-refractivity contribution >= 4 is 17.6 Å². The van der Waals surface area contributed by atoms with Gasteiger partial charge in [0.05, 0.1) is 12.7 Å². The van der Waals surface area contributed by atoms with Crippen molar-refractivity contribution in [1.82, 2.24) is 10.5 Å². The summed E-state index contributed by atoms with van der Waals surface area (Å²) in [5, 5.41) is 28.8. The molecule has 2 aliphatic carbocycles. The van der Waals surface area contributed by atoms with Crippen LogP contribution in [0.1, 0.15) is 40.0 Å². The number of amides is 2. The maximum atomic E-state index is 12.5. The Balaban J connectivity index is 1.60. The fourth-order valence-electron chi connectivity index (χ4n) is 4.94. The van der Waals surface area contributed by atoms with E-state index < -0.39 is 24.7 Å². The Morgan fingerprint density at radius 2 is 2.15 bits per heavy atom. The molecule has 2 fully saturated rings. The molecule has 0 spiro atoms. The summed E-state index contributed by atoms with van der Waals surface area (Å²) >= 11 is 0. The van der Waals surface area contributed by atoms with Gasteiger partial charge < -0.3 is 25.4 Å². The Morgan fingerprint density at radius 3 is 2.69 bits per heavy atom. The third-order valence-electron chi connectivity index (χ3n) is 6.89. The number of carbonyl (C=O) groups excluding carboxylic acids is 2. The Morgan fingerprint density at radius 1 is 1.42 bits per heavy atom. The van der Waals surface area contributed by atoms with Crippen molar-refractivity contribution in [1.29, 1.82) is 0 Å². The van der Waals surface area contributed by atoms with Crippen LogP contribution in [0.25, 0.3) is 0 Å². The molecule has 0 aromatic carbocycles. The first-order valence-electron chi connectivity index (χ1n) is 9.00. The van der Waals surface area contributed by atoms with E-state index in [4.69, 9.17) is 0 Å². The van der Waals surface area contributed by atoms with Crippen molar-refractivity contribution in [3.8, 4) is 0 Å². The van der Waals surface area contributed by atoms with Gasteiger partial charge in [-0.2, -0.15) is 0 Å². The van der Waals surface area contributed by atoms with Crippen LogP contribution in [0.2, 0.25) is 0 Å². The molecule has 3 rings (SSSR count). The molecule has 2 amide bonds. The van der Waals surface area contributed by atoms with Gasteiger partial charge in [0, 0.05) is 12.5 Å². The molecule has 2 aliphatic rings. The van der Waals surface area contributed by atoms with Crippen molar-refractivity contribution in [3.63, 3.8) is 0 Å². The van der Waals surface area contributed by atoms with Gasteiger partial charge in [0.15, 0.2) is 5.82 Å². The van der Waals surface area contributed by atoms with Gasteiger partial charge in [-0.05, 0) is 35.5 Å². The number of aliphatic hydroxyl groups is 2. The summed E-state index contributed by atoms with van der Waals surface area (Å²) in [5.74, 6) is -0.585. The number of rotatable bonds is 6. The van der Waals surface area contributed by atoms with Crippen molar-refractivity contribution < 1.29 is 24.3 Å². The van der Waals surface area contributed by atoms with Gasteiger partial charge in [-0.3, -0.25) is 9.59 Å². The highest BCUT2D eigenvalue weighted by molar-refractivity contribution is 5.96. The van der Waals surface area contributed by atoms with Crippen molar-refractivity contribution in [3.05, 3.63) is 12.3 Å². The lowest BCUT2D eigenvalue weighted by atomic mass is 9.70. The standard InChI is InChI=1S/C18H27N3O5/c1-17(2)11-4-6-18(17,3)15(24)10(11)8-14(23)19-12(9-22)16(25)20-13-5-7-26-21-13/h5,7,10-12,15,22,24H,4,6,8-9H2,1-3H3,(H,19,23)(H,20,21,25). The second kappa shape index (κ2) is 6.66. The zero-order valence-corrected chi connectivity index (χ0v) is 15.4. The topological polar surface area (TPSA) is 125 Å². The number of anilines is 1. The van der Waals surface area contributed by atoms with Crippen molar-refractivity contribution in [2.75, 3.05) is 11.9 Å². The molecule has 0 radical (unpaired) electrons. The van der Waals surface area contributed by atoms with Crippen LogP contribution in [-0.2, 0) is 9.59 Å². The lowest BCUT2D eigenvalue weighted by molar-refractivity contribution is -0.129. The molecule has 8 heteroatoms. The van der Waals surface area contributed by atoms with Crippen LogP contribution >= 0.6 is 0 Å². The predicted molar refractivity (Wildman–Crippen MR) is 92.9 cm³/mol. The summed E-state index contributed by atoms with van der Waals surface area (Å²) in [4.78, 5) is 24.6. The number of hydrogen-bond acceptors (Lipinski definition) is 6. The highest BCUT2D eigenvalue weighted by Gasteiger charge is 2.65. The molecule has 144 valence electrons. The minimum atomic E-state index is -1.08. The Bertz CT molecular complexity index is 674. The van der Waals surface area contributed by atoms with E-state index in [-0.39, 0.29) is 40.8 Å². The maximum absolute atomic E-state index is 12.5. The molecule has 4 N–H and O–H groups in total. The average molecular weight is 365 g/mol. The summed E-state index contributed by atoms with van der Waals surface area (Å²) in [6, 6.07) is 0.376. The predicted octanol–water partition coefficient (Wildman–Crippen LogP) is 0.913. The van der Waals surface area contributed by atoms with Gasteiger partial charge in [0.1, 0.15) is 12.3 Å². The molecule has 2 saturated carbocycles. The second-order valence-electron chi connectivity index (χ2n) is 8.27. The highest BCUT2D eigenvalue weighted by Crippen LogP contribution is 2.68. The van der Waals surface area contributed by atoms with Crippen molar-refractivity contribution in [2.24, 2.45) is 22.7 Å². The van der Waals surface area contributed by atoms with Gasteiger partial charge in [-0.1, -0.05) is 25.9 Å². The van der Waals surface area contributed by atoms with Crippen molar-refractivity contribution in [2.45, 2.75) is 52.2 Å². The summed E-state index contributed by atoms with van der Waals surface area (Å²) in [6.45, 7) is 5.88. The smallest absolute Gasteiger partial charge is 0.250 e. The number of aromatic nitrogens is 1. The molecule has 5 atom stereocenters. The van der Waals surface area contributed by atoms with Crippen LogP contribution in [0.3, 0.4) is 0 Å². The molecule has 1 aromatic heterocycles. The first kappa shape index (κ1) is 18.8. The quantitative estimate of drug-likeness (QED) is 0.594. The van der Waals surface area contributed by atoms with E-state index in [0.717, 1.165) is 12.8 Å². The van der Waals surface area contributed by atoms with E-state index in [1.54, 1.807) is 0 Å². The van der Waals surface area contributed by atoms with E-state index in [0.29, 0.717) is 0 Å². The first-order chi connectivity index (χ1) is 12.2. The van der Waals surface area contributed by atoms with E-state index in [1.807, 2.05) is 0 Å². The number of carbonyl (C=O) groups is 2. The number of hydrogen-bond donors (Lipinski definition) is 4. The maximum Gasteiger partial charge on any atom is 0.250 e. The highest BCUT2D eigenvalue weighted by atomic mass is 16.5. The van der Waals surface area contributed by atoms with Gasteiger partial charge >= 0.3 is 0 Å². The third-order valence-corrected chi connectivity index (χ3v) is 6.89. The van der Waals surface area contributed by atoms with E-state index in [1.165, 1.54) is 12.3 Å². The second-order valence-corrected chi connectivity index (χ2v) is 8.27. The van der Waals surface area contributed by atoms with Gasteiger partial charge in [-0.25, -0.2) is 0 Å². The molecular formula is C18H27N3O5. The van der Waals surface area contributed by atoms with Crippen LogP contribution in [0.15, 0.2) is 16.9 Å². The molecule has 8 nitrogen and oxygen atoms in total. The molecule has 26 heavy (non-hydrogen) atoms. The molecule has 0 aliphatic heterocycles. The summed E-state index contributed by atoms with van der Waals surface area (Å²) in [6.07, 6.45) is 2.86. The lowest BCUT2D eigenvalue weighted by Gasteiger charge is -2.37. The van der Waals surface area contributed by atoms with Crippen LogP contribution < -0.4 is 10.6 Å². The lowest BCUT2D eigenvalue weighted by Crippen LogP contribution is -2.47. The van der Waals surface area contributed by atoms with E-state index >= 15 is 0 Å². The van der Waals surface area contributed by atoms with Gasteiger partial charge in [0.2, 0.25) is 5.91 Å². The van der Waals surface area contributed by atoms with Gasteiger partial charge in [0.25, 0.3) is 5.91 Å². The molecule has 2 bridgehead atoms. The number of nitrogens with zero attached hydrogens (tertiary/aromatic N) is 1. The third kappa shape index (κ3) is 2.91. The molecule has 0 saturated heterocycles. The number of fused-ring (bicyclic) bond motifs is 2. The molecular weight excluding hydrogens is 338 g/mol. The number of nitrogens with one attached hydrogen (secondary N) is 2. The van der Waals surface area contributed by atoms with Crippen LogP contribution in [0, 0.1) is 22.7 Å². The monoisotopic (exact) mass is 365 g/mol. The summed E-state index contributed by atoms with van der Waals surface area (Å²) in [7, 11) is 0.